The molecule has 0 bridgehead atoms. The van der Waals surface area contributed by atoms with Gasteiger partial charge in [-0.2, -0.15) is 0 Å². The average molecular weight is 484 g/mol. The number of nitrogens with zero attached hydrogens (tertiary/aromatic N) is 2. The zero-order chi connectivity index (χ0) is 26.0. The molecule has 34 heavy (non-hydrogen) atoms. The molecule has 12 nitrogen and oxygen atoms in total. The first kappa shape index (κ1) is 29.1. The molecule has 0 spiro atoms. The molecule has 5 unspecified atom stereocenters. The van der Waals surface area contributed by atoms with Gasteiger partial charge in [-0.1, -0.05) is 34.1 Å². The number of carbonyl (C=O) groups is 4. The molecule has 3 amide bonds. The summed E-state index contributed by atoms with van der Waals surface area (Å²) in [5.41, 5.74) is 16.5. The van der Waals surface area contributed by atoms with Crippen LogP contribution in [0, 0.1) is 11.8 Å². The van der Waals surface area contributed by atoms with Crippen LogP contribution in [0.25, 0.3) is 0 Å². The molecule has 1 aliphatic rings. The predicted octanol–water partition coefficient (Wildman–Crippen LogP) is -0.885. The van der Waals surface area contributed by atoms with E-state index in [0.717, 1.165) is 0 Å². The number of carboxylic acids is 1. The molecule has 1 heterocycles. The van der Waals surface area contributed by atoms with Gasteiger partial charge in [0.2, 0.25) is 17.7 Å². The van der Waals surface area contributed by atoms with Crippen LogP contribution in [-0.2, 0) is 19.2 Å². The summed E-state index contributed by atoms with van der Waals surface area (Å²) in [5.74, 6) is -3.02. The van der Waals surface area contributed by atoms with Crippen molar-refractivity contribution < 1.29 is 24.3 Å². The van der Waals surface area contributed by atoms with E-state index in [1.807, 2.05) is 13.8 Å². The monoisotopic (exact) mass is 483 g/mol. The third-order valence-corrected chi connectivity index (χ3v) is 6.15. The maximum atomic E-state index is 13.2. The maximum absolute atomic E-state index is 13.2. The van der Waals surface area contributed by atoms with Crippen LogP contribution >= 0.6 is 0 Å². The average Bonchev–Trinajstić information content (AvgIpc) is 3.27. The summed E-state index contributed by atoms with van der Waals surface area (Å²) in [6.45, 7) is 7.93. The minimum atomic E-state index is -1.05. The first-order chi connectivity index (χ1) is 15.9. The molecule has 1 fully saturated rings. The minimum absolute atomic E-state index is 0.0384. The van der Waals surface area contributed by atoms with Crippen LogP contribution in [-0.4, -0.2) is 76.9 Å². The highest BCUT2D eigenvalue weighted by Crippen LogP contribution is 2.21. The minimum Gasteiger partial charge on any atom is -0.480 e. The lowest BCUT2D eigenvalue weighted by molar-refractivity contribution is -0.150. The van der Waals surface area contributed by atoms with Gasteiger partial charge in [0.15, 0.2) is 5.96 Å². The first-order valence-electron chi connectivity index (χ1n) is 11.9. The summed E-state index contributed by atoms with van der Waals surface area (Å²) < 4.78 is 0. The van der Waals surface area contributed by atoms with Crippen LogP contribution in [0.4, 0.5) is 0 Å². The number of carbonyl (C=O) groups excluding carboxylic acids is 3. The van der Waals surface area contributed by atoms with Gasteiger partial charge in [-0.05, 0) is 37.5 Å². The maximum Gasteiger partial charge on any atom is 0.326 e. The summed E-state index contributed by atoms with van der Waals surface area (Å²) in [6.07, 6.45) is 2.40. The van der Waals surface area contributed by atoms with Crippen molar-refractivity contribution in [2.45, 2.75) is 84.0 Å². The van der Waals surface area contributed by atoms with E-state index < -0.39 is 47.9 Å². The van der Waals surface area contributed by atoms with Crippen LogP contribution in [0.15, 0.2) is 4.99 Å². The molecule has 0 aromatic heterocycles. The van der Waals surface area contributed by atoms with E-state index in [9.17, 15) is 24.3 Å². The molecule has 0 saturated carbocycles. The summed E-state index contributed by atoms with van der Waals surface area (Å²) in [5, 5.41) is 14.9. The molecule has 1 aliphatic heterocycles. The molecular formula is C22H41N7O5. The van der Waals surface area contributed by atoms with Gasteiger partial charge in [0.25, 0.3) is 0 Å². The van der Waals surface area contributed by atoms with Crippen molar-refractivity contribution in [3.63, 3.8) is 0 Å². The Bertz CT molecular complexity index is 754. The molecule has 5 atom stereocenters. The van der Waals surface area contributed by atoms with E-state index in [4.69, 9.17) is 17.2 Å². The molecule has 194 valence electrons. The highest BCUT2D eigenvalue weighted by atomic mass is 16.4. The smallest absolute Gasteiger partial charge is 0.326 e. The van der Waals surface area contributed by atoms with Crippen molar-refractivity contribution in [3.05, 3.63) is 0 Å². The van der Waals surface area contributed by atoms with Gasteiger partial charge in [-0.3, -0.25) is 19.4 Å². The Labute approximate surface area is 201 Å². The summed E-state index contributed by atoms with van der Waals surface area (Å²) in [6, 6.07) is -3.56. The summed E-state index contributed by atoms with van der Waals surface area (Å²) >= 11 is 0. The van der Waals surface area contributed by atoms with Gasteiger partial charge in [-0.25, -0.2) is 4.79 Å². The fourth-order valence-electron chi connectivity index (χ4n) is 3.84. The quantitative estimate of drug-likeness (QED) is 0.110. The molecule has 12 heteroatoms. The molecule has 1 rings (SSSR count). The lowest BCUT2D eigenvalue weighted by atomic mass is 9.95. The van der Waals surface area contributed by atoms with E-state index in [-0.39, 0.29) is 17.8 Å². The zero-order valence-corrected chi connectivity index (χ0v) is 20.6. The second-order valence-electron chi connectivity index (χ2n) is 9.19. The number of nitrogens with one attached hydrogen (secondary N) is 2. The Morgan fingerprint density at radius 3 is 2.24 bits per heavy atom. The second kappa shape index (κ2) is 13.7. The van der Waals surface area contributed by atoms with Gasteiger partial charge in [-0.15, -0.1) is 0 Å². The van der Waals surface area contributed by atoms with Crippen molar-refractivity contribution in [1.82, 2.24) is 15.5 Å². The Hall–Kier alpha value is -2.89. The fraction of sp³-hybridized carbons (Fsp3) is 0.773. The van der Waals surface area contributed by atoms with Crippen LogP contribution in [0.1, 0.15) is 59.8 Å². The zero-order valence-electron chi connectivity index (χ0n) is 20.6. The van der Waals surface area contributed by atoms with Gasteiger partial charge in [0.1, 0.15) is 18.1 Å². The third kappa shape index (κ3) is 8.47. The fourth-order valence-corrected chi connectivity index (χ4v) is 3.84. The highest BCUT2D eigenvalue weighted by molar-refractivity contribution is 5.94. The Balaban J connectivity index is 2.88. The van der Waals surface area contributed by atoms with Crippen molar-refractivity contribution in [1.29, 1.82) is 0 Å². The number of hydrogen-bond acceptors (Lipinski definition) is 6. The Kier molecular flexibility index (Phi) is 11.8. The topological polar surface area (TPSA) is 206 Å². The number of rotatable bonds is 13. The number of aliphatic carboxylic acids is 1. The van der Waals surface area contributed by atoms with E-state index in [0.29, 0.717) is 45.2 Å². The van der Waals surface area contributed by atoms with E-state index in [2.05, 4.69) is 15.6 Å². The second-order valence-corrected chi connectivity index (χ2v) is 9.19. The van der Waals surface area contributed by atoms with Crippen LogP contribution in [0.3, 0.4) is 0 Å². The van der Waals surface area contributed by atoms with Crippen molar-refractivity contribution in [2.75, 3.05) is 13.1 Å². The molecule has 0 aromatic rings. The van der Waals surface area contributed by atoms with Crippen LogP contribution in [0.2, 0.25) is 0 Å². The standard InChI is InChI=1S/C22H41N7O5/c1-5-13(4)17(20(32)29-11-7-9-15(29)21(33)34)28-19(31)16(12(2)3)27-18(30)14(23)8-6-10-26-22(24)25/h12-17H,5-11,23H2,1-4H3,(H,27,30)(H,28,31)(H,33,34)(H4,24,25,26). The largest absolute Gasteiger partial charge is 0.480 e. The van der Waals surface area contributed by atoms with Gasteiger partial charge in [0, 0.05) is 13.1 Å². The number of nitrogens with two attached hydrogens (primary N) is 3. The molecule has 0 radical (unpaired) electrons. The normalized spacial score (nSPS) is 19.1. The molecule has 1 saturated heterocycles. The summed E-state index contributed by atoms with van der Waals surface area (Å²) in [7, 11) is 0. The van der Waals surface area contributed by atoms with Crippen molar-refractivity contribution >= 4 is 29.7 Å². The summed E-state index contributed by atoms with van der Waals surface area (Å²) in [4.78, 5) is 55.7. The number of likely N-dealkylation sites (tertiary alicyclic amines) is 1. The van der Waals surface area contributed by atoms with Gasteiger partial charge in [0.05, 0.1) is 6.04 Å². The lowest BCUT2D eigenvalue weighted by Gasteiger charge is -2.32. The van der Waals surface area contributed by atoms with E-state index in [1.165, 1.54) is 4.90 Å². The number of guanidine groups is 1. The van der Waals surface area contributed by atoms with Crippen LogP contribution < -0.4 is 27.8 Å². The molecule has 0 aromatic carbocycles. The number of aliphatic imine (C=N–C) groups is 1. The van der Waals surface area contributed by atoms with Crippen molar-refractivity contribution in [3.8, 4) is 0 Å². The lowest BCUT2D eigenvalue weighted by Crippen LogP contribution is -2.59. The van der Waals surface area contributed by atoms with Crippen molar-refractivity contribution in [2.24, 2.45) is 34.0 Å². The molecule has 9 N–H and O–H groups in total. The SMILES string of the molecule is CCC(C)C(NC(=O)C(NC(=O)C(N)CCCN=C(N)N)C(C)C)C(=O)N1CCCC1C(=O)O. The first-order valence-corrected chi connectivity index (χ1v) is 11.9. The Morgan fingerprint density at radius 1 is 1.09 bits per heavy atom. The van der Waals surface area contributed by atoms with E-state index in [1.54, 1.807) is 13.8 Å². The number of amides is 3. The van der Waals surface area contributed by atoms with Crippen LogP contribution in [0.5, 0.6) is 0 Å². The van der Waals surface area contributed by atoms with Gasteiger partial charge < -0.3 is 37.8 Å². The third-order valence-electron chi connectivity index (χ3n) is 6.15. The molecular weight excluding hydrogens is 442 g/mol. The Morgan fingerprint density at radius 2 is 1.71 bits per heavy atom. The molecule has 0 aliphatic carbocycles. The number of hydrogen-bond donors (Lipinski definition) is 6. The van der Waals surface area contributed by atoms with E-state index >= 15 is 0 Å². The highest BCUT2D eigenvalue weighted by Gasteiger charge is 2.40. The number of carboxylic acid groups (broad SMARTS) is 1. The predicted molar refractivity (Wildman–Crippen MR) is 128 cm³/mol. The van der Waals surface area contributed by atoms with Gasteiger partial charge >= 0.3 is 5.97 Å².